The number of ether oxygens (including phenoxy) is 1. The molecule has 2 aromatic rings. The minimum atomic E-state index is -3.95. The van der Waals surface area contributed by atoms with Crippen molar-refractivity contribution < 1.29 is 21.6 Å². The van der Waals surface area contributed by atoms with Crippen LogP contribution < -0.4 is 14.6 Å². The molecule has 7 nitrogen and oxygen atoms in total. The molecule has 2 aromatic carbocycles. The van der Waals surface area contributed by atoms with E-state index in [1.807, 2.05) is 0 Å². The fourth-order valence-corrected chi connectivity index (χ4v) is 4.57. The highest BCUT2D eigenvalue weighted by molar-refractivity contribution is 9.10. The first-order chi connectivity index (χ1) is 11.0. The lowest BCUT2D eigenvalue weighted by Gasteiger charge is -2.12. The van der Waals surface area contributed by atoms with E-state index in [1.165, 1.54) is 43.5 Å². The molecular weight excluding hydrogens is 420 g/mol. The molecule has 0 atom stereocenters. The number of methoxy groups -OCH3 is 1. The molecule has 0 spiro atoms. The van der Waals surface area contributed by atoms with Crippen molar-refractivity contribution in [1.29, 1.82) is 0 Å². The molecule has 10 heteroatoms. The fraction of sp³-hybridized carbons (Fsp3) is 0.143. The third-order valence-electron chi connectivity index (χ3n) is 3.18. The predicted octanol–water partition coefficient (Wildman–Crippen LogP) is 2.21. The Labute approximate surface area is 149 Å². The molecule has 0 aliphatic heterocycles. The summed E-state index contributed by atoms with van der Waals surface area (Å²) < 4.78 is 55.8. The standard InChI is InChI=1S/C14H15BrN2O5S2/c1-9-3-4-10(7-14(9)23(16,18)19)17-24(20,21)11-5-6-13(22-2)12(15)8-11/h3-8,17H,1-2H3,(H2,16,18,19). The zero-order valence-electron chi connectivity index (χ0n) is 12.8. The molecular formula is C14H15BrN2O5S2. The summed E-state index contributed by atoms with van der Waals surface area (Å²) in [6, 6.07) is 8.38. The Morgan fingerprint density at radius 3 is 2.29 bits per heavy atom. The first-order valence-corrected chi connectivity index (χ1v) is 10.4. The van der Waals surface area contributed by atoms with Crippen LogP contribution >= 0.6 is 15.9 Å². The molecule has 0 amide bonds. The Morgan fingerprint density at radius 2 is 1.75 bits per heavy atom. The van der Waals surface area contributed by atoms with Crippen LogP contribution in [0.3, 0.4) is 0 Å². The number of aryl methyl sites for hydroxylation is 1. The summed E-state index contributed by atoms with van der Waals surface area (Å²) in [6.45, 7) is 1.57. The molecule has 0 fully saturated rings. The van der Waals surface area contributed by atoms with Crippen LogP contribution in [0.25, 0.3) is 0 Å². The third kappa shape index (κ3) is 4.07. The average molecular weight is 435 g/mol. The first kappa shape index (κ1) is 18.7. The van der Waals surface area contributed by atoms with Crippen LogP contribution in [0.1, 0.15) is 5.56 Å². The quantitative estimate of drug-likeness (QED) is 0.747. The summed E-state index contributed by atoms with van der Waals surface area (Å²) in [7, 11) is -6.39. The van der Waals surface area contributed by atoms with Crippen molar-refractivity contribution in [2.45, 2.75) is 16.7 Å². The largest absolute Gasteiger partial charge is 0.496 e. The van der Waals surface area contributed by atoms with Crippen molar-refractivity contribution in [3.8, 4) is 5.75 Å². The highest BCUT2D eigenvalue weighted by Gasteiger charge is 2.18. The molecule has 130 valence electrons. The van der Waals surface area contributed by atoms with Gasteiger partial charge in [0.15, 0.2) is 0 Å². The second-order valence-electron chi connectivity index (χ2n) is 4.93. The third-order valence-corrected chi connectivity index (χ3v) is 6.23. The van der Waals surface area contributed by atoms with E-state index in [4.69, 9.17) is 9.88 Å². The summed E-state index contributed by atoms with van der Waals surface area (Å²) in [6.07, 6.45) is 0. The molecule has 0 saturated heterocycles. The number of primary sulfonamides is 1. The maximum atomic E-state index is 12.4. The number of rotatable bonds is 5. The zero-order chi connectivity index (χ0) is 18.1. The van der Waals surface area contributed by atoms with E-state index < -0.39 is 20.0 Å². The van der Waals surface area contributed by atoms with Crippen LogP contribution in [0.4, 0.5) is 5.69 Å². The van der Waals surface area contributed by atoms with Crippen molar-refractivity contribution in [3.05, 3.63) is 46.4 Å². The highest BCUT2D eigenvalue weighted by atomic mass is 79.9. The smallest absolute Gasteiger partial charge is 0.261 e. The van der Waals surface area contributed by atoms with Crippen molar-refractivity contribution >= 4 is 41.7 Å². The summed E-state index contributed by atoms with van der Waals surface area (Å²) in [5.41, 5.74) is 0.518. The lowest BCUT2D eigenvalue weighted by atomic mass is 10.2. The molecule has 0 aliphatic carbocycles. The van der Waals surface area contributed by atoms with Gasteiger partial charge >= 0.3 is 0 Å². The Morgan fingerprint density at radius 1 is 1.08 bits per heavy atom. The van der Waals surface area contributed by atoms with E-state index in [1.54, 1.807) is 6.92 Å². The normalized spacial score (nSPS) is 12.0. The SMILES string of the molecule is COc1ccc(S(=O)(=O)Nc2ccc(C)c(S(N)(=O)=O)c2)cc1Br. The molecule has 0 radical (unpaired) electrons. The van der Waals surface area contributed by atoms with E-state index in [9.17, 15) is 16.8 Å². The van der Waals surface area contributed by atoms with Gasteiger partial charge in [0, 0.05) is 0 Å². The van der Waals surface area contributed by atoms with Crippen LogP contribution in [-0.2, 0) is 20.0 Å². The van der Waals surface area contributed by atoms with Crippen LogP contribution in [0.2, 0.25) is 0 Å². The van der Waals surface area contributed by atoms with Gasteiger partial charge in [-0.1, -0.05) is 6.07 Å². The Bertz CT molecular complexity index is 988. The molecule has 0 aliphatic rings. The van der Waals surface area contributed by atoms with Gasteiger partial charge in [-0.25, -0.2) is 22.0 Å². The first-order valence-electron chi connectivity index (χ1n) is 6.54. The van der Waals surface area contributed by atoms with Crippen molar-refractivity contribution in [2.24, 2.45) is 5.14 Å². The highest BCUT2D eigenvalue weighted by Crippen LogP contribution is 2.28. The molecule has 2 rings (SSSR count). The molecule has 0 bridgehead atoms. The van der Waals surface area contributed by atoms with E-state index in [2.05, 4.69) is 20.7 Å². The number of hydrogen-bond donors (Lipinski definition) is 2. The van der Waals surface area contributed by atoms with Gasteiger partial charge in [-0.3, -0.25) is 4.72 Å². The second-order valence-corrected chi connectivity index (χ2v) is 8.99. The Kier molecular flexibility index (Phi) is 5.23. The zero-order valence-corrected chi connectivity index (χ0v) is 16.0. The lowest BCUT2D eigenvalue weighted by Crippen LogP contribution is -2.16. The fourth-order valence-electron chi connectivity index (χ4n) is 2.00. The second kappa shape index (κ2) is 6.71. The van der Waals surface area contributed by atoms with Gasteiger partial charge in [-0.15, -0.1) is 0 Å². The molecule has 0 saturated carbocycles. The van der Waals surface area contributed by atoms with Crippen molar-refractivity contribution in [3.63, 3.8) is 0 Å². The van der Waals surface area contributed by atoms with Gasteiger partial charge in [0.25, 0.3) is 10.0 Å². The van der Waals surface area contributed by atoms with Crippen LogP contribution in [0.15, 0.2) is 50.7 Å². The number of benzene rings is 2. The molecule has 0 aromatic heterocycles. The van der Waals surface area contributed by atoms with E-state index in [0.29, 0.717) is 15.8 Å². The Balaban J connectivity index is 2.42. The minimum absolute atomic E-state index is 0.00657. The summed E-state index contributed by atoms with van der Waals surface area (Å²) in [5, 5.41) is 5.13. The average Bonchev–Trinajstić information content (AvgIpc) is 2.47. The number of nitrogens with one attached hydrogen (secondary N) is 1. The van der Waals surface area contributed by atoms with Crippen molar-refractivity contribution in [1.82, 2.24) is 0 Å². The van der Waals surface area contributed by atoms with Gasteiger partial charge < -0.3 is 4.74 Å². The summed E-state index contributed by atoms with van der Waals surface area (Å²) >= 11 is 3.22. The summed E-state index contributed by atoms with van der Waals surface area (Å²) in [5.74, 6) is 0.487. The van der Waals surface area contributed by atoms with Gasteiger partial charge in [-0.05, 0) is 58.7 Å². The maximum absolute atomic E-state index is 12.4. The van der Waals surface area contributed by atoms with Gasteiger partial charge in [0.2, 0.25) is 10.0 Å². The number of nitrogens with two attached hydrogens (primary N) is 1. The number of halogens is 1. The topological polar surface area (TPSA) is 116 Å². The van der Waals surface area contributed by atoms with Crippen LogP contribution in [0, 0.1) is 6.92 Å². The molecule has 0 heterocycles. The predicted molar refractivity (Wildman–Crippen MR) is 94.1 cm³/mol. The lowest BCUT2D eigenvalue weighted by molar-refractivity contribution is 0.411. The maximum Gasteiger partial charge on any atom is 0.261 e. The van der Waals surface area contributed by atoms with E-state index in [-0.39, 0.29) is 15.5 Å². The molecule has 0 unspecified atom stereocenters. The minimum Gasteiger partial charge on any atom is -0.496 e. The number of sulfonamides is 2. The van der Waals surface area contributed by atoms with Crippen LogP contribution in [0.5, 0.6) is 5.75 Å². The van der Waals surface area contributed by atoms with Gasteiger partial charge in [-0.2, -0.15) is 0 Å². The molecule has 3 N–H and O–H groups in total. The Hall–Kier alpha value is -1.62. The van der Waals surface area contributed by atoms with E-state index in [0.717, 1.165) is 0 Å². The monoisotopic (exact) mass is 434 g/mol. The van der Waals surface area contributed by atoms with Gasteiger partial charge in [0.1, 0.15) is 5.75 Å². The van der Waals surface area contributed by atoms with Gasteiger partial charge in [0.05, 0.1) is 27.1 Å². The summed E-state index contributed by atoms with van der Waals surface area (Å²) in [4.78, 5) is -0.147. The number of hydrogen-bond acceptors (Lipinski definition) is 5. The number of anilines is 1. The van der Waals surface area contributed by atoms with Crippen LogP contribution in [-0.4, -0.2) is 23.9 Å². The van der Waals surface area contributed by atoms with E-state index >= 15 is 0 Å². The van der Waals surface area contributed by atoms with Crippen molar-refractivity contribution in [2.75, 3.05) is 11.8 Å². The molecule has 24 heavy (non-hydrogen) atoms.